The maximum absolute atomic E-state index is 13.7. The Morgan fingerprint density at radius 2 is 1.07 bits per heavy atom. The molecule has 2 fully saturated rings. The van der Waals surface area contributed by atoms with Crippen LogP contribution in [0.2, 0.25) is 0 Å². The molecular weight excluding hydrogens is 411 g/mol. The van der Waals surface area contributed by atoms with Gasteiger partial charge in [-0.25, -0.2) is 0 Å². The van der Waals surface area contributed by atoms with Gasteiger partial charge in [-0.1, -0.05) is 60.7 Å². The van der Waals surface area contributed by atoms with Gasteiger partial charge in [0.1, 0.15) is 0 Å². The standard InChI is InChI=1S/C17H14OP.C6H5O2.Fe/c18-19(17-13-7-8-14-17,15-9-3-1-4-10-15)16-11-5-2-6-12-16;7-6(8)5-3-1-2-4-5;/h1-14H;1-4H,(H,7,8);/q;;+2. The molecule has 5 heteroatoms. The van der Waals surface area contributed by atoms with E-state index in [0.29, 0.717) is 5.92 Å². The zero-order chi connectivity index (χ0) is 19.1. The minimum absolute atomic E-state index is 0. The number of hydrogen-bond donors (Lipinski definition) is 1. The third-order valence-electron chi connectivity index (χ3n) is 4.16. The summed E-state index contributed by atoms with van der Waals surface area (Å²) in [5, 5.41) is 10.0. The predicted octanol–water partition coefficient (Wildman–Crippen LogP) is 3.84. The van der Waals surface area contributed by atoms with Crippen molar-refractivity contribution < 1.29 is 31.5 Å². The van der Waals surface area contributed by atoms with Gasteiger partial charge in [0.15, 0.2) is 7.14 Å². The van der Waals surface area contributed by atoms with Gasteiger partial charge in [0.05, 0.1) is 11.6 Å². The van der Waals surface area contributed by atoms with Crippen LogP contribution in [0, 0.1) is 62.9 Å². The summed E-state index contributed by atoms with van der Waals surface area (Å²) >= 11 is 0. The summed E-state index contributed by atoms with van der Waals surface area (Å²) in [6.45, 7) is 0. The van der Waals surface area contributed by atoms with E-state index in [2.05, 4.69) is 0 Å². The van der Waals surface area contributed by atoms with Crippen LogP contribution in [0.3, 0.4) is 0 Å². The Morgan fingerprint density at radius 3 is 1.43 bits per heavy atom. The third kappa shape index (κ3) is 5.38. The largest absolute Gasteiger partial charge is 2.00 e. The predicted molar refractivity (Wildman–Crippen MR) is 108 cm³/mol. The van der Waals surface area contributed by atoms with E-state index >= 15 is 0 Å². The SMILES string of the molecule is O=C(O)[C]1[CH][CH][CH][CH]1.O=P([C]1[CH][CH][CH][CH]1)(c1ccccc1)c1ccccc1.[Fe+2]. The minimum Gasteiger partial charge on any atom is -0.481 e. The van der Waals surface area contributed by atoms with E-state index in [-0.39, 0.29) is 17.1 Å². The Labute approximate surface area is 178 Å². The minimum atomic E-state index is -2.73. The molecule has 0 heterocycles. The Hall–Kier alpha value is -1.34. The molecular formula is C23H19FeO3P+2. The Balaban J connectivity index is 0.000000264. The molecule has 10 radical (unpaired) electrons. The van der Waals surface area contributed by atoms with Crippen molar-refractivity contribution in [2.45, 2.75) is 0 Å². The van der Waals surface area contributed by atoms with E-state index in [9.17, 15) is 9.36 Å². The van der Waals surface area contributed by atoms with Crippen LogP contribution in [-0.2, 0) is 26.4 Å². The molecule has 28 heavy (non-hydrogen) atoms. The molecule has 0 unspecified atom stereocenters. The smallest absolute Gasteiger partial charge is 0.481 e. The number of benzene rings is 2. The molecule has 0 aromatic heterocycles. The van der Waals surface area contributed by atoms with Gasteiger partial charge in [-0.15, -0.1) is 0 Å². The van der Waals surface area contributed by atoms with Gasteiger partial charge in [-0.05, 0) is 51.4 Å². The van der Waals surface area contributed by atoms with Gasteiger partial charge in [0, 0.05) is 10.6 Å². The van der Waals surface area contributed by atoms with Crippen LogP contribution >= 0.6 is 7.14 Å². The topological polar surface area (TPSA) is 54.4 Å². The molecule has 140 valence electrons. The van der Waals surface area contributed by atoms with Crippen LogP contribution in [0.4, 0.5) is 0 Å². The fourth-order valence-corrected chi connectivity index (χ4v) is 5.48. The van der Waals surface area contributed by atoms with E-state index in [0.717, 1.165) is 16.3 Å². The zero-order valence-electron chi connectivity index (χ0n) is 15.0. The van der Waals surface area contributed by atoms with Gasteiger partial charge < -0.3 is 9.67 Å². The molecule has 2 aromatic carbocycles. The second kappa shape index (κ2) is 11.0. The number of rotatable bonds is 4. The van der Waals surface area contributed by atoms with Crippen molar-refractivity contribution in [1.29, 1.82) is 0 Å². The second-order valence-electron chi connectivity index (χ2n) is 5.90. The van der Waals surface area contributed by atoms with Crippen LogP contribution in [0.1, 0.15) is 0 Å². The molecule has 4 rings (SSSR count). The van der Waals surface area contributed by atoms with Crippen LogP contribution < -0.4 is 10.6 Å². The molecule has 2 saturated carbocycles. The molecule has 0 aliphatic heterocycles. The van der Waals surface area contributed by atoms with Crippen molar-refractivity contribution in [3.05, 3.63) is 124 Å². The van der Waals surface area contributed by atoms with E-state index in [1.165, 1.54) is 0 Å². The average molecular weight is 430 g/mol. The van der Waals surface area contributed by atoms with Crippen LogP contribution in [0.25, 0.3) is 0 Å². The maximum atomic E-state index is 13.7. The van der Waals surface area contributed by atoms with E-state index < -0.39 is 13.1 Å². The first-order valence-corrected chi connectivity index (χ1v) is 10.2. The van der Waals surface area contributed by atoms with Gasteiger partial charge in [0.25, 0.3) is 0 Å². The molecule has 0 spiro atoms. The van der Waals surface area contributed by atoms with E-state index in [4.69, 9.17) is 5.11 Å². The summed E-state index contributed by atoms with van der Waals surface area (Å²) in [6, 6.07) is 19.4. The molecule has 3 nitrogen and oxygen atoms in total. The average Bonchev–Trinajstić information content (AvgIpc) is 3.43. The van der Waals surface area contributed by atoms with Gasteiger partial charge >= 0.3 is 23.0 Å². The summed E-state index contributed by atoms with van der Waals surface area (Å²) in [4.78, 5) is 10.1. The van der Waals surface area contributed by atoms with Crippen molar-refractivity contribution in [2.75, 3.05) is 0 Å². The summed E-state index contributed by atoms with van der Waals surface area (Å²) in [5.41, 5.74) is 0.893. The van der Waals surface area contributed by atoms with Gasteiger partial charge in [0.2, 0.25) is 0 Å². The molecule has 2 aliphatic carbocycles. The maximum Gasteiger partial charge on any atom is 2.00 e. The molecule has 2 aliphatic rings. The van der Waals surface area contributed by atoms with Crippen molar-refractivity contribution in [1.82, 2.24) is 0 Å². The number of carboxylic acids is 1. The summed E-state index contributed by atoms with van der Waals surface area (Å²) < 4.78 is 13.7. The number of carboxylic acid groups (broad SMARTS) is 1. The van der Waals surface area contributed by atoms with Crippen molar-refractivity contribution in [3.8, 4) is 0 Å². The number of carbonyl (C=O) groups is 1. The molecule has 0 bridgehead atoms. The van der Waals surface area contributed by atoms with Crippen LogP contribution in [0.5, 0.6) is 0 Å². The summed E-state index contributed by atoms with van der Waals surface area (Å²) in [5.74, 6) is -0.514. The number of aliphatic carboxylic acids is 1. The fraction of sp³-hybridized carbons (Fsp3) is 0. The van der Waals surface area contributed by atoms with E-state index in [1.54, 1.807) is 25.7 Å². The van der Waals surface area contributed by atoms with Gasteiger partial charge in [-0.2, -0.15) is 0 Å². The molecule has 0 saturated heterocycles. The van der Waals surface area contributed by atoms with E-state index in [1.807, 2.05) is 86.3 Å². The Kier molecular flexibility index (Phi) is 9.02. The quantitative estimate of drug-likeness (QED) is 0.593. The Morgan fingerprint density at radius 1 is 0.679 bits per heavy atom. The monoisotopic (exact) mass is 430 g/mol. The van der Waals surface area contributed by atoms with Crippen molar-refractivity contribution >= 4 is 23.7 Å². The number of hydrogen-bond acceptors (Lipinski definition) is 2. The second-order valence-corrected chi connectivity index (χ2v) is 8.67. The van der Waals surface area contributed by atoms with Crippen LogP contribution in [0.15, 0.2) is 60.7 Å². The fourth-order valence-electron chi connectivity index (χ4n) is 2.81. The first-order valence-electron chi connectivity index (χ1n) is 8.51. The molecule has 2 aromatic rings. The molecule has 1 N–H and O–H groups in total. The first-order chi connectivity index (χ1) is 13.1. The molecule has 0 atom stereocenters. The first kappa shape index (κ1) is 22.9. The third-order valence-corrected chi connectivity index (χ3v) is 7.23. The zero-order valence-corrected chi connectivity index (χ0v) is 17.0. The van der Waals surface area contributed by atoms with Crippen molar-refractivity contribution in [2.24, 2.45) is 0 Å². The molecule has 0 amide bonds. The summed E-state index contributed by atoms with van der Waals surface area (Å²) in [6.07, 6.45) is 14.3. The Bertz CT molecular complexity index is 723. The normalized spacial score (nSPS) is 17.4. The van der Waals surface area contributed by atoms with Crippen LogP contribution in [-0.4, -0.2) is 11.1 Å². The van der Waals surface area contributed by atoms with Gasteiger partial charge in [-0.3, -0.25) is 4.79 Å². The van der Waals surface area contributed by atoms with Crippen molar-refractivity contribution in [3.63, 3.8) is 0 Å². The summed E-state index contributed by atoms with van der Waals surface area (Å²) in [7, 11) is -2.73.